The lowest BCUT2D eigenvalue weighted by Gasteiger charge is -2.15. The number of nitrogens with one attached hydrogen (secondary N) is 2. The highest BCUT2D eigenvalue weighted by Crippen LogP contribution is 2.44. The van der Waals surface area contributed by atoms with E-state index in [9.17, 15) is 4.79 Å². The highest BCUT2D eigenvalue weighted by atomic mass is 32.1. The molecule has 4 heteroatoms. The largest absolute Gasteiger partial charge is 0.355 e. The van der Waals surface area contributed by atoms with Crippen molar-refractivity contribution in [2.75, 3.05) is 20.1 Å². The average Bonchev–Trinajstić information content (AvgIpc) is 2.92. The maximum Gasteiger partial charge on any atom is 0.220 e. The number of carbonyl (C=O) groups excluding carboxylic acids is 1. The van der Waals surface area contributed by atoms with Gasteiger partial charge in [0, 0.05) is 29.8 Å². The van der Waals surface area contributed by atoms with Gasteiger partial charge in [-0.1, -0.05) is 6.07 Å². The SMILES string of the molecule is CNCC1(CNC(=O)CCCc2cccs2)CC1. The van der Waals surface area contributed by atoms with E-state index >= 15 is 0 Å². The fourth-order valence-corrected chi connectivity index (χ4v) is 2.97. The Balaban J connectivity index is 1.58. The molecule has 0 unspecified atom stereocenters. The molecule has 100 valence electrons. The third-order valence-electron chi connectivity index (χ3n) is 3.58. The molecule has 0 bridgehead atoms. The van der Waals surface area contributed by atoms with Crippen molar-refractivity contribution in [2.24, 2.45) is 5.41 Å². The van der Waals surface area contributed by atoms with Gasteiger partial charge in [0.25, 0.3) is 0 Å². The molecule has 1 saturated carbocycles. The van der Waals surface area contributed by atoms with Crippen LogP contribution in [0, 0.1) is 5.41 Å². The zero-order valence-corrected chi connectivity index (χ0v) is 11.8. The van der Waals surface area contributed by atoms with Crippen LogP contribution in [0.3, 0.4) is 0 Å². The number of hydrogen-bond acceptors (Lipinski definition) is 3. The summed E-state index contributed by atoms with van der Waals surface area (Å²) < 4.78 is 0. The highest BCUT2D eigenvalue weighted by molar-refractivity contribution is 7.09. The standard InChI is InChI=1S/C14H22N2OS/c1-15-10-14(7-8-14)11-16-13(17)6-2-4-12-5-3-9-18-12/h3,5,9,15H,2,4,6-8,10-11H2,1H3,(H,16,17). The maximum absolute atomic E-state index is 11.7. The summed E-state index contributed by atoms with van der Waals surface area (Å²) in [6.07, 6.45) is 5.10. The second-order valence-corrected chi connectivity index (χ2v) is 6.27. The van der Waals surface area contributed by atoms with Crippen molar-refractivity contribution in [1.29, 1.82) is 0 Å². The quantitative estimate of drug-likeness (QED) is 0.757. The molecule has 1 fully saturated rings. The van der Waals surface area contributed by atoms with Crippen LogP contribution in [-0.4, -0.2) is 26.0 Å². The van der Waals surface area contributed by atoms with Gasteiger partial charge in [0.1, 0.15) is 0 Å². The highest BCUT2D eigenvalue weighted by Gasteiger charge is 2.41. The molecule has 0 spiro atoms. The van der Waals surface area contributed by atoms with Crippen molar-refractivity contribution in [2.45, 2.75) is 32.1 Å². The zero-order valence-electron chi connectivity index (χ0n) is 11.0. The molecule has 0 radical (unpaired) electrons. The summed E-state index contributed by atoms with van der Waals surface area (Å²) >= 11 is 1.77. The van der Waals surface area contributed by atoms with Gasteiger partial charge in [0.15, 0.2) is 0 Å². The molecule has 1 heterocycles. The predicted octanol–water partition coefficient (Wildman–Crippen LogP) is 2.19. The number of amides is 1. The minimum absolute atomic E-state index is 0.203. The fraction of sp³-hybridized carbons (Fsp3) is 0.643. The summed E-state index contributed by atoms with van der Waals surface area (Å²) in [4.78, 5) is 13.1. The Morgan fingerprint density at radius 2 is 2.28 bits per heavy atom. The van der Waals surface area contributed by atoms with Crippen molar-refractivity contribution in [3.63, 3.8) is 0 Å². The van der Waals surface area contributed by atoms with E-state index in [0.29, 0.717) is 11.8 Å². The van der Waals surface area contributed by atoms with E-state index in [0.717, 1.165) is 25.9 Å². The Morgan fingerprint density at radius 1 is 1.44 bits per heavy atom. The molecule has 3 nitrogen and oxygen atoms in total. The molecule has 1 amide bonds. The van der Waals surface area contributed by atoms with Gasteiger partial charge in [-0.15, -0.1) is 11.3 Å². The molecule has 1 aliphatic rings. The molecule has 0 aliphatic heterocycles. The van der Waals surface area contributed by atoms with E-state index in [2.05, 4.69) is 28.1 Å². The van der Waals surface area contributed by atoms with Crippen LogP contribution >= 0.6 is 11.3 Å². The lowest BCUT2D eigenvalue weighted by atomic mass is 10.1. The van der Waals surface area contributed by atoms with Gasteiger partial charge in [-0.05, 0) is 44.2 Å². The molecule has 1 aliphatic carbocycles. The normalized spacial score (nSPS) is 16.5. The lowest BCUT2D eigenvalue weighted by Crippen LogP contribution is -2.34. The lowest BCUT2D eigenvalue weighted by molar-refractivity contribution is -0.121. The van der Waals surface area contributed by atoms with E-state index in [1.165, 1.54) is 17.7 Å². The Kier molecular flexibility index (Phi) is 4.78. The van der Waals surface area contributed by atoms with Gasteiger partial charge in [-0.25, -0.2) is 0 Å². The van der Waals surface area contributed by atoms with Crippen molar-refractivity contribution < 1.29 is 4.79 Å². The Labute approximate surface area is 113 Å². The molecule has 0 aromatic carbocycles. The molecule has 2 rings (SSSR count). The van der Waals surface area contributed by atoms with Crippen LogP contribution in [0.4, 0.5) is 0 Å². The van der Waals surface area contributed by atoms with E-state index in [4.69, 9.17) is 0 Å². The molecule has 1 aromatic rings. The number of rotatable bonds is 8. The van der Waals surface area contributed by atoms with Crippen molar-refractivity contribution >= 4 is 17.2 Å². The number of carbonyl (C=O) groups is 1. The molecular weight excluding hydrogens is 244 g/mol. The topological polar surface area (TPSA) is 41.1 Å². The second-order valence-electron chi connectivity index (χ2n) is 5.24. The van der Waals surface area contributed by atoms with Gasteiger partial charge in [0.05, 0.1) is 0 Å². The van der Waals surface area contributed by atoms with Crippen molar-refractivity contribution in [3.8, 4) is 0 Å². The first-order valence-corrected chi connectivity index (χ1v) is 7.56. The Bertz CT molecular complexity index is 371. The Hall–Kier alpha value is -0.870. The molecule has 0 saturated heterocycles. The Morgan fingerprint density at radius 3 is 2.89 bits per heavy atom. The average molecular weight is 266 g/mol. The van der Waals surface area contributed by atoms with E-state index in [-0.39, 0.29) is 5.91 Å². The first-order valence-electron chi connectivity index (χ1n) is 6.68. The summed E-state index contributed by atoms with van der Waals surface area (Å²) in [5, 5.41) is 8.37. The van der Waals surface area contributed by atoms with Crippen LogP contribution in [-0.2, 0) is 11.2 Å². The molecule has 18 heavy (non-hydrogen) atoms. The van der Waals surface area contributed by atoms with Gasteiger partial charge >= 0.3 is 0 Å². The molecule has 1 aromatic heterocycles. The van der Waals surface area contributed by atoms with E-state index < -0.39 is 0 Å². The predicted molar refractivity (Wildman–Crippen MR) is 75.9 cm³/mol. The number of hydrogen-bond donors (Lipinski definition) is 2. The van der Waals surface area contributed by atoms with Crippen LogP contribution in [0.5, 0.6) is 0 Å². The van der Waals surface area contributed by atoms with Gasteiger partial charge in [-0.3, -0.25) is 4.79 Å². The monoisotopic (exact) mass is 266 g/mol. The van der Waals surface area contributed by atoms with Crippen LogP contribution in [0.2, 0.25) is 0 Å². The molecule has 2 N–H and O–H groups in total. The van der Waals surface area contributed by atoms with E-state index in [1.807, 2.05) is 7.05 Å². The third-order valence-corrected chi connectivity index (χ3v) is 4.51. The first kappa shape index (κ1) is 13.6. The maximum atomic E-state index is 11.7. The summed E-state index contributed by atoms with van der Waals surface area (Å²) in [5.41, 5.74) is 0.359. The van der Waals surface area contributed by atoms with Crippen LogP contribution in [0.25, 0.3) is 0 Å². The van der Waals surface area contributed by atoms with Crippen LogP contribution in [0.1, 0.15) is 30.6 Å². The summed E-state index contributed by atoms with van der Waals surface area (Å²) in [5.74, 6) is 0.203. The first-order chi connectivity index (χ1) is 8.74. The fourth-order valence-electron chi connectivity index (χ4n) is 2.22. The van der Waals surface area contributed by atoms with Crippen molar-refractivity contribution in [1.82, 2.24) is 10.6 Å². The third kappa shape index (κ3) is 4.10. The van der Waals surface area contributed by atoms with Crippen LogP contribution < -0.4 is 10.6 Å². The van der Waals surface area contributed by atoms with Gasteiger partial charge in [-0.2, -0.15) is 0 Å². The number of thiophene rings is 1. The summed E-state index contributed by atoms with van der Waals surface area (Å²) in [6.45, 7) is 1.86. The van der Waals surface area contributed by atoms with Crippen LogP contribution in [0.15, 0.2) is 17.5 Å². The number of aryl methyl sites for hydroxylation is 1. The molecule has 0 atom stereocenters. The second kappa shape index (κ2) is 6.34. The minimum Gasteiger partial charge on any atom is -0.355 e. The zero-order chi connectivity index (χ0) is 12.8. The molecular formula is C14H22N2OS. The summed E-state index contributed by atoms with van der Waals surface area (Å²) in [6, 6.07) is 4.20. The van der Waals surface area contributed by atoms with Crippen molar-refractivity contribution in [3.05, 3.63) is 22.4 Å². The van der Waals surface area contributed by atoms with Gasteiger partial charge < -0.3 is 10.6 Å². The van der Waals surface area contributed by atoms with Gasteiger partial charge in [0.2, 0.25) is 5.91 Å². The van der Waals surface area contributed by atoms with E-state index in [1.54, 1.807) is 11.3 Å². The smallest absolute Gasteiger partial charge is 0.220 e. The summed E-state index contributed by atoms with van der Waals surface area (Å²) in [7, 11) is 1.98. The minimum atomic E-state index is 0.203.